The third-order valence-corrected chi connectivity index (χ3v) is 7.02. The number of thioether (sulfide) groups is 2. The third kappa shape index (κ3) is 5.85. The number of aromatic nitrogens is 2. The van der Waals surface area contributed by atoms with Crippen molar-refractivity contribution >= 4 is 35.2 Å². The van der Waals surface area contributed by atoms with Crippen molar-refractivity contribution in [1.82, 2.24) is 15.1 Å². The summed E-state index contributed by atoms with van der Waals surface area (Å²) in [6, 6.07) is 24.4. The Morgan fingerprint density at radius 3 is 2.24 bits per heavy atom. The van der Waals surface area contributed by atoms with E-state index in [1.54, 1.807) is 29.7 Å². The number of H-pyrrole nitrogens is 1. The number of nitrogens with zero attached hydrogens (tertiary/aromatic N) is 2. The lowest BCUT2D eigenvalue weighted by Crippen LogP contribution is -2.34. The van der Waals surface area contributed by atoms with E-state index in [2.05, 4.69) is 46.7 Å². The molecule has 0 spiro atoms. The van der Waals surface area contributed by atoms with Crippen molar-refractivity contribution in [3.8, 4) is 11.3 Å². The highest BCUT2D eigenvalue weighted by Crippen LogP contribution is 2.36. The zero-order chi connectivity index (χ0) is 23.9. The number of aromatic amines is 1. The van der Waals surface area contributed by atoms with E-state index in [1.807, 2.05) is 65.9 Å². The summed E-state index contributed by atoms with van der Waals surface area (Å²) in [5.41, 5.74) is 6.19. The molecule has 5 nitrogen and oxygen atoms in total. The van der Waals surface area contributed by atoms with Crippen LogP contribution in [-0.4, -0.2) is 33.6 Å². The van der Waals surface area contributed by atoms with Gasteiger partial charge in [0.05, 0.1) is 11.4 Å². The van der Waals surface area contributed by atoms with Crippen molar-refractivity contribution in [3.63, 3.8) is 0 Å². The summed E-state index contributed by atoms with van der Waals surface area (Å²) >= 11 is 3.29. The molecule has 0 unspecified atom stereocenters. The number of amides is 2. The standard InChI is InChI=1S/C27H28N4OS2/c1-19-14-24(33-2)26(25(15-19)34-3)29-27(32)31(17-20-8-5-4-6-9-20)18-21-10-7-11-22(16-21)23-12-13-28-30-23/h4-16H,17-18H2,1-3H3,(H,28,30)(H,29,32). The summed E-state index contributed by atoms with van der Waals surface area (Å²) in [6.45, 7) is 3.08. The van der Waals surface area contributed by atoms with Gasteiger partial charge in [0, 0.05) is 29.1 Å². The van der Waals surface area contributed by atoms with E-state index < -0.39 is 0 Å². The molecule has 4 rings (SSSR count). The van der Waals surface area contributed by atoms with Gasteiger partial charge in [0.1, 0.15) is 0 Å². The Kier molecular flexibility index (Phi) is 7.98. The van der Waals surface area contributed by atoms with Gasteiger partial charge in [-0.3, -0.25) is 5.10 Å². The number of benzene rings is 3. The number of rotatable bonds is 8. The van der Waals surface area contributed by atoms with Crippen LogP contribution in [0, 0.1) is 6.92 Å². The highest BCUT2D eigenvalue weighted by Gasteiger charge is 2.19. The van der Waals surface area contributed by atoms with E-state index in [0.29, 0.717) is 13.1 Å². The number of nitrogens with one attached hydrogen (secondary N) is 2. The van der Waals surface area contributed by atoms with E-state index in [9.17, 15) is 4.79 Å². The van der Waals surface area contributed by atoms with Crippen LogP contribution < -0.4 is 5.32 Å². The van der Waals surface area contributed by atoms with Gasteiger partial charge in [-0.2, -0.15) is 5.10 Å². The van der Waals surface area contributed by atoms with Crippen LogP contribution in [0.2, 0.25) is 0 Å². The van der Waals surface area contributed by atoms with E-state index in [0.717, 1.165) is 37.9 Å². The normalized spacial score (nSPS) is 10.8. The second kappa shape index (κ2) is 11.3. The van der Waals surface area contributed by atoms with E-state index in [4.69, 9.17) is 0 Å². The topological polar surface area (TPSA) is 61.0 Å². The lowest BCUT2D eigenvalue weighted by Gasteiger charge is -2.25. The quantitative estimate of drug-likeness (QED) is 0.261. The molecule has 0 fully saturated rings. The molecular formula is C27H28N4OS2. The maximum absolute atomic E-state index is 13.6. The Morgan fingerprint density at radius 2 is 1.59 bits per heavy atom. The molecule has 3 aromatic carbocycles. The molecule has 0 aliphatic carbocycles. The van der Waals surface area contributed by atoms with Crippen LogP contribution in [0.3, 0.4) is 0 Å². The van der Waals surface area contributed by atoms with Gasteiger partial charge in [-0.05, 0) is 66.0 Å². The monoisotopic (exact) mass is 488 g/mol. The molecule has 2 N–H and O–H groups in total. The van der Waals surface area contributed by atoms with Crippen molar-refractivity contribution in [2.75, 3.05) is 17.8 Å². The van der Waals surface area contributed by atoms with Gasteiger partial charge in [-0.1, -0.05) is 48.5 Å². The predicted octanol–water partition coefficient (Wildman–Crippen LogP) is 7.06. The molecule has 34 heavy (non-hydrogen) atoms. The molecule has 7 heteroatoms. The fraction of sp³-hybridized carbons (Fsp3) is 0.185. The Bertz CT molecular complexity index is 1220. The summed E-state index contributed by atoms with van der Waals surface area (Å²) in [6.07, 6.45) is 5.82. The first-order valence-electron chi connectivity index (χ1n) is 11.0. The fourth-order valence-corrected chi connectivity index (χ4v) is 5.23. The third-order valence-electron chi connectivity index (χ3n) is 5.50. The Morgan fingerprint density at radius 1 is 0.912 bits per heavy atom. The molecule has 0 saturated heterocycles. The molecule has 4 aromatic rings. The minimum Gasteiger partial charge on any atom is -0.316 e. The Balaban J connectivity index is 1.63. The van der Waals surface area contributed by atoms with Gasteiger partial charge in [-0.25, -0.2) is 4.79 Å². The lowest BCUT2D eigenvalue weighted by molar-refractivity contribution is 0.206. The van der Waals surface area contributed by atoms with Crippen LogP contribution in [-0.2, 0) is 13.1 Å². The second-order valence-electron chi connectivity index (χ2n) is 7.99. The molecule has 0 radical (unpaired) electrons. The smallest absolute Gasteiger partial charge is 0.316 e. The first-order valence-corrected chi connectivity index (χ1v) is 13.4. The molecule has 0 aliphatic heterocycles. The molecule has 0 bridgehead atoms. The SMILES string of the molecule is CSc1cc(C)cc(SC)c1NC(=O)N(Cc1ccccc1)Cc1cccc(-c2ccn[nH]2)c1. The zero-order valence-corrected chi connectivity index (χ0v) is 21.2. The van der Waals surface area contributed by atoms with E-state index in [1.165, 1.54) is 5.56 Å². The molecular weight excluding hydrogens is 460 g/mol. The highest BCUT2D eigenvalue weighted by atomic mass is 32.2. The average molecular weight is 489 g/mol. The summed E-state index contributed by atoms with van der Waals surface area (Å²) in [4.78, 5) is 17.6. The largest absolute Gasteiger partial charge is 0.322 e. The number of hydrogen-bond acceptors (Lipinski definition) is 4. The molecule has 0 atom stereocenters. The minimum atomic E-state index is -0.120. The van der Waals surface area contributed by atoms with Crippen molar-refractivity contribution in [1.29, 1.82) is 0 Å². The fourth-order valence-electron chi connectivity index (χ4n) is 3.83. The predicted molar refractivity (Wildman–Crippen MR) is 143 cm³/mol. The molecule has 0 aliphatic rings. The second-order valence-corrected chi connectivity index (χ2v) is 9.68. The summed E-state index contributed by atoms with van der Waals surface area (Å²) in [7, 11) is 0. The van der Waals surface area contributed by atoms with Crippen LogP contribution in [0.4, 0.5) is 10.5 Å². The summed E-state index contributed by atoms with van der Waals surface area (Å²) < 4.78 is 0. The summed E-state index contributed by atoms with van der Waals surface area (Å²) in [5, 5.41) is 10.3. The summed E-state index contributed by atoms with van der Waals surface area (Å²) in [5.74, 6) is 0. The average Bonchev–Trinajstić information content (AvgIpc) is 3.40. The van der Waals surface area contributed by atoms with Crippen molar-refractivity contribution < 1.29 is 4.79 Å². The first-order chi connectivity index (χ1) is 16.6. The minimum absolute atomic E-state index is 0.120. The van der Waals surface area contributed by atoms with Crippen LogP contribution in [0.25, 0.3) is 11.3 Å². The van der Waals surface area contributed by atoms with Gasteiger partial charge < -0.3 is 10.2 Å². The first kappa shape index (κ1) is 24.0. The Labute approximate surface area is 209 Å². The molecule has 0 saturated carbocycles. The van der Waals surface area contributed by atoms with Gasteiger partial charge in [0.25, 0.3) is 0 Å². The van der Waals surface area contributed by atoms with Crippen molar-refractivity contribution in [2.24, 2.45) is 0 Å². The van der Waals surface area contributed by atoms with Gasteiger partial charge in [0.2, 0.25) is 0 Å². The zero-order valence-electron chi connectivity index (χ0n) is 19.5. The van der Waals surface area contributed by atoms with Crippen LogP contribution in [0.5, 0.6) is 0 Å². The maximum Gasteiger partial charge on any atom is 0.322 e. The lowest BCUT2D eigenvalue weighted by atomic mass is 10.1. The van der Waals surface area contributed by atoms with E-state index in [-0.39, 0.29) is 6.03 Å². The van der Waals surface area contributed by atoms with Gasteiger partial charge in [-0.15, -0.1) is 23.5 Å². The number of anilines is 1. The van der Waals surface area contributed by atoms with Crippen molar-refractivity contribution in [3.05, 3.63) is 95.7 Å². The van der Waals surface area contributed by atoms with Gasteiger partial charge in [0.15, 0.2) is 0 Å². The number of aryl methyl sites for hydroxylation is 1. The highest BCUT2D eigenvalue weighted by molar-refractivity contribution is 7.99. The van der Waals surface area contributed by atoms with Crippen LogP contribution in [0.1, 0.15) is 16.7 Å². The number of carbonyl (C=O) groups excluding carboxylic acids is 1. The maximum atomic E-state index is 13.6. The molecule has 1 aromatic heterocycles. The molecule has 1 heterocycles. The number of carbonyl (C=O) groups is 1. The van der Waals surface area contributed by atoms with Gasteiger partial charge >= 0.3 is 6.03 Å². The van der Waals surface area contributed by atoms with E-state index >= 15 is 0 Å². The number of hydrogen-bond donors (Lipinski definition) is 2. The molecule has 174 valence electrons. The number of urea groups is 1. The Hall–Kier alpha value is -3.16. The van der Waals surface area contributed by atoms with Crippen LogP contribution >= 0.6 is 23.5 Å². The molecule has 2 amide bonds. The van der Waals surface area contributed by atoms with Crippen molar-refractivity contribution in [2.45, 2.75) is 29.8 Å². The van der Waals surface area contributed by atoms with Crippen LogP contribution in [0.15, 0.2) is 88.8 Å².